The Hall–Kier alpha value is -3.95. The Labute approximate surface area is 184 Å². The van der Waals surface area contributed by atoms with Crippen molar-refractivity contribution in [2.45, 2.75) is 19.3 Å². The van der Waals surface area contributed by atoms with Crippen LogP contribution >= 0.6 is 0 Å². The number of carbonyl (C=O) groups is 1. The number of anilines is 6. The minimum atomic E-state index is -0.629. The number of hydrogen-bond donors (Lipinski definition) is 3. The second-order valence-electron chi connectivity index (χ2n) is 7.61. The third-order valence-corrected chi connectivity index (χ3v) is 5.31. The highest BCUT2D eigenvalue weighted by Gasteiger charge is 2.18. The summed E-state index contributed by atoms with van der Waals surface area (Å²) in [5.74, 6) is 0.312. The summed E-state index contributed by atoms with van der Waals surface area (Å²) in [7, 11) is 0. The molecule has 2 aliphatic rings. The highest BCUT2D eigenvalue weighted by molar-refractivity contribution is 5.94. The SMILES string of the molecule is O=C1COc2ccc(Nc3nc(Nc4ccc(N5CCCCC5)cc4)ncc3F)nc2N1. The number of nitrogens with zero attached hydrogens (tertiary/aromatic N) is 4. The summed E-state index contributed by atoms with van der Waals surface area (Å²) in [6, 6.07) is 11.3. The normalized spacial score (nSPS) is 15.4. The van der Waals surface area contributed by atoms with E-state index in [0.29, 0.717) is 11.6 Å². The maximum Gasteiger partial charge on any atom is 0.263 e. The van der Waals surface area contributed by atoms with E-state index in [1.54, 1.807) is 12.1 Å². The van der Waals surface area contributed by atoms with Gasteiger partial charge in [0.25, 0.3) is 5.91 Å². The van der Waals surface area contributed by atoms with Crippen LogP contribution in [0.15, 0.2) is 42.6 Å². The van der Waals surface area contributed by atoms with E-state index < -0.39 is 5.82 Å². The van der Waals surface area contributed by atoms with Crippen LogP contribution in [0.25, 0.3) is 0 Å². The molecule has 0 aliphatic carbocycles. The van der Waals surface area contributed by atoms with Gasteiger partial charge in [-0.15, -0.1) is 0 Å². The van der Waals surface area contributed by atoms with Crippen molar-refractivity contribution in [1.82, 2.24) is 15.0 Å². The standard InChI is InChI=1S/C22H22FN7O2/c23-16-12-24-22(25-14-4-6-15(7-5-14)30-10-2-1-3-11-30)29-20(16)26-18-9-8-17-21(27-18)28-19(31)13-32-17/h4-9,12H,1-3,10-11,13H2,(H3,24,25,26,27,28,29,31). The first-order valence-electron chi connectivity index (χ1n) is 10.5. The second kappa shape index (κ2) is 8.66. The van der Waals surface area contributed by atoms with Crippen LogP contribution in [-0.4, -0.2) is 40.6 Å². The summed E-state index contributed by atoms with van der Waals surface area (Å²) in [5.41, 5.74) is 1.99. The molecule has 1 saturated heterocycles. The molecule has 3 N–H and O–H groups in total. The van der Waals surface area contributed by atoms with Gasteiger partial charge >= 0.3 is 0 Å². The molecule has 0 bridgehead atoms. The fourth-order valence-electron chi connectivity index (χ4n) is 3.71. The number of benzene rings is 1. The topological polar surface area (TPSA) is 104 Å². The summed E-state index contributed by atoms with van der Waals surface area (Å²) in [5, 5.41) is 8.54. The van der Waals surface area contributed by atoms with Gasteiger partial charge in [0.1, 0.15) is 5.82 Å². The number of rotatable bonds is 5. The number of amides is 1. The Morgan fingerprint density at radius 3 is 2.62 bits per heavy atom. The van der Waals surface area contributed by atoms with Crippen molar-refractivity contribution in [2.75, 3.05) is 40.5 Å². The van der Waals surface area contributed by atoms with Crippen LogP contribution in [0.3, 0.4) is 0 Å². The number of piperidine rings is 1. The van der Waals surface area contributed by atoms with Crippen molar-refractivity contribution in [3.8, 4) is 5.75 Å². The molecular weight excluding hydrogens is 413 g/mol. The Morgan fingerprint density at radius 2 is 1.81 bits per heavy atom. The van der Waals surface area contributed by atoms with Crippen molar-refractivity contribution in [1.29, 1.82) is 0 Å². The van der Waals surface area contributed by atoms with Gasteiger partial charge in [0.05, 0.1) is 6.20 Å². The lowest BCUT2D eigenvalue weighted by Gasteiger charge is -2.28. The van der Waals surface area contributed by atoms with E-state index in [-0.39, 0.29) is 30.1 Å². The van der Waals surface area contributed by atoms with E-state index in [0.717, 1.165) is 25.0 Å². The Bertz CT molecular complexity index is 1130. The van der Waals surface area contributed by atoms with Crippen molar-refractivity contribution < 1.29 is 13.9 Å². The highest BCUT2D eigenvalue weighted by Crippen LogP contribution is 2.29. The smallest absolute Gasteiger partial charge is 0.263 e. The summed E-state index contributed by atoms with van der Waals surface area (Å²) in [6.45, 7) is 2.10. The van der Waals surface area contributed by atoms with Gasteiger partial charge in [-0.05, 0) is 55.7 Å². The average Bonchev–Trinajstić information content (AvgIpc) is 2.82. The number of nitrogens with one attached hydrogen (secondary N) is 3. The fourth-order valence-corrected chi connectivity index (χ4v) is 3.71. The van der Waals surface area contributed by atoms with Crippen molar-refractivity contribution in [3.05, 3.63) is 48.4 Å². The van der Waals surface area contributed by atoms with Gasteiger partial charge in [0.2, 0.25) is 5.95 Å². The molecule has 0 atom stereocenters. The first-order valence-corrected chi connectivity index (χ1v) is 10.5. The molecule has 0 unspecified atom stereocenters. The Balaban J connectivity index is 1.30. The molecule has 32 heavy (non-hydrogen) atoms. The van der Waals surface area contributed by atoms with Crippen LogP contribution < -0.4 is 25.6 Å². The molecule has 3 aromatic rings. The van der Waals surface area contributed by atoms with E-state index >= 15 is 0 Å². The zero-order valence-electron chi connectivity index (χ0n) is 17.3. The number of pyridine rings is 1. The largest absolute Gasteiger partial charge is 0.480 e. The molecule has 0 spiro atoms. The van der Waals surface area contributed by atoms with Gasteiger partial charge in [-0.25, -0.2) is 14.4 Å². The molecular formula is C22H22FN7O2. The summed E-state index contributed by atoms with van der Waals surface area (Å²) in [4.78, 5) is 26.4. The first-order chi connectivity index (χ1) is 15.6. The maximum absolute atomic E-state index is 14.3. The highest BCUT2D eigenvalue weighted by atomic mass is 19.1. The van der Waals surface area contributed by atoms with Crippen molar-refractivity contribution in [3.63, 3.8) is 0 Å². The van der Waals surface area contributed by atoms with Crippen molar-refractivity contribution in [2.24, 2.45) is 0 Å². The lowest BCUT2D eigenvalue weighted by molar-refractivity contribution is -0.118. The van der Waals surface area contributed by atoms with Gasteiger partial charge in [0, 0.05) is 24.5 Å². The van der Waals surface area contributed by atoms with Gasteiger partial charge < -0.3 is 25.6 Å². The lowest BCUT2D eigenvalue weighted by atomic mass is 10.1. The second-order valence-corrected chi connectivity index (χ2v) is 7.61. The molecule has 10 heteroatoms. The maximum atomic E-state index is 14.3. The van der Waals surface area contributed by atoms with Crippen LogP contribution in [0, 0.1) is 5.82 Å². The fraction of sp³-hybridized carbons (Fsp3) is 0.273. The monoisotopic (exact) mass is 435 g/mol. The molecule has 0 radical (unpaired) electrons. The quantitative estimate of drug-likeness (QED) is 0.556. The number of fused-ring (bicyclic) bond motifs is 1. The molecule has 2 aliphatic heterocycles. The molecule has 2 aromatic heterocycles. The number of ether oxygens (including phenoxy) is 1. The van der Waals surface area contributed by atoms with Crippen LogP contribution in [-0.2, 0) is 4.79 Å². The van der Waals surface area contributed by atoms with Gasteiger partial charge in [-0.1, -0.05) is 0 Å². The molecule has 1 amide bonds. The summed E-state index contributed by atoms with van der Waals surface area (Å²) in [6.07, 6.45) is 4.82. The first kappa shape index (κ1) is 20.0. The van der Waals surface area contributed by atoms with E-state index in [4.69, 9.17) is 4.74 Å². The zero-order valence-corrected chi connectivity index (χ0v) is 17.3. The average molecular weight is 435 g/mol. The minimum Gasteiger partial charge on any atom is -0.480 e. The molecule has 164 valence electrons. The molecule has 1 fully saturated rings. The van der Waals surface area contributed by atoms with Gasteiger partial charge in [0.15, 0.2) is 29.8 Å². The van der Waals surface area contributed by atoms with E-state index in [2.05, 4.69) is 47.9 Å². The Kier molecular flexibility index (Phi) is 5.40. The number of carbonyl (C=O) groups excluding carboxylic acids is 1. The van der Waals surface area contributed by atoms with E-state index in [9.17, 15) is 9.18 Å². The minimum absolute atomic E-state index is 0.0389. The zero-order chi connectivity index (χ0) is 21.9. The number of hydrogen-bond acceptors (Lipinski definition) is 8. The predicted octanol–water partition coefficient (Wildman–Crippen LogP) is 3.82. The lowest BCUT2D eigenvalue weighted by Crippen LogP contribution is -2.29. The van der Waals surface area contributed by atoms with Crippen molar-refractivity contribution >= 4 is 40.7 Å². The molecule has 4 heterocycles. The third kappa shape index (κ3) is 4.39. The van der Waals surface area contributed by atoms with Crippen LogP contribution in [0.4, 0.5) is 39.2 Å². The Morgan fingerprint density at radius 1 is 1.00 bits per heavy atom. The molecule has 5 rings (SSSR count). The van der Waals surface area contributed by atoms with Crippen LogP contribution in [0.2, 0.25) is 0 Å². The third-order valence-electron chi connectivity index (χ3n) is 5.31. The summed E-state index contributed by atoms with van der Waals surface area (Å²) >= 11 is 0. The molecule has 0 saturated carbocycles. The molecule has 1 aromatic carbocycles. The van der Waals surface area contributed by atoms with Crippen LogP contribution in [0.1, 0.15) is 19.3 Å². The summed E-state index contributed by atoms with van der Waals surface area (Å²) < 4.78 is 19.6. The number of halogens is 1. The molecule has 9 nitrogen and oxygen atoms in total. The van der Waals surface area contributed by atoms with Gasteiger partial charge in [-0.3, -0.25) is 4.79 Å². The number of aromatic nitrogens is 3. The van der Waals surface area contributed by atoms with Gasteiger partial charge in [-0.2, -0.15) is 4.98 Å². The van der Waals surface area contributed by atoms with Crippen LogP contribution in [0.5, 0.6) is 5.75 Å². The predicted molar refractivity (Wildman–Crippen MR) is 119 cm³/mol. The van der Waals surface area contributed by atoms with E-state index in [1.165, 1.54) is 24.9 Å². The van der Waals surface area contributed by atoms with E-state index in [1.807, 2.05) is 12.1 Å².